The number of rotatable bonds is 3. The Morgan fingerprint density at radius 1 is 1.73 bits per heavy atom. The molecule has 0 amide bonds. The van der Waals surface area contributed by atoms with Gasteiger partial charge in [0.15, 0.2) is 0 Å². The molecule has 3 heteroatoms. The first-order valence-electron chi connectivity index (χ1n) is 3.53. The number of nitrogens with one attached hydrogen (secondary N) is 1. The van der Waals surface area contributed by atoms with Crippen molar-refractivity contribution in [2.45, 2.75) is 13.3 Å². The van der Waals surface area contributed by atoms with Crippen molar-refractivity contribution in [1.29, 1.82) is 0 Å². The van der Waals surface area contributed by atoms with Crippen molar-refractivity contribution in [2.75, 3.05) is 5.43 Å². The second kappa shape index (κ2) is 3.71. The summed E-state index contributed by atoms with van der Waals surface area (Å²) in [4.78, 5) is 3.96. The maximum atomic E-state index is 3.96. The third kappa shape index (κ3) is 1.77. The minimum absolute atomic E-state index is 0.935. The maximum absolute atomic E-state index is 3.96. The van der Waals surface area contributed by atoms with Gasteiger partial charge in [0, 0.05) is 12.9 Å². The van der Waals surface area contributed by atoms with E-state index in [2.05, 4.69) is 29.2 Å². The average molecular weight is 149 g/mol. The van der Waals surface area contributed by atoms with Crippen LogP contribution in [-0.4, -0.2) is 11.7 Å². The Kier molecular flexibility index (Phi) is 2.60. The molecule has 1 aromatic heterocycles. The fourth-order valence-corrected chi connectivity index (χ4v) is 0.917. The van der Waals surface area contributed by atoms with Gasteiger partial charge in [-0.15, -0.1) is 0 Å². The molecule has 0 fully saturated rings. The van der Waals surface area contributed by atoms with Crippen LogP contribution in [0.5, 0.6) is 0 Å². The summed E-state index contributed by atoms with van der Waals surface area (Å²) in [5.74, 6) is 0. The van der Waals surface area contributed by atoms with Gasteiger partial charge in [0.25, 0.3) is 0 Å². The normalized spacial score (nSPS) is 9.18. The van der Waals surface area contributed by atoms with Gasteiger partial charge in [-0.3, -0.25) is 10.4 Å². The van der Waals surface area contributed by atoms with Crippen LogP contribution in [0.2, 0.25) is 0 Å². The van der Waals surface area contributed by atoms with Crippen LogP contribution in [-0.2, 0) is 6.42 Å². The van der Waals surface area contributed by atoms with E-state index in [0.29, 0.717) is 0 Å². The molecule has 0 aliphatic carbocycles. The second-order valence-electron chi connectivity index (χ2n) is 2.16. The molecule has 1 N–H and O–H groups in total. The summed E-state index contributed by atoms with van der Waals surface area (Å²) in [6.07, 6.45) is 4.49. The molecule has 0 spiro atoms. The standard InChI is InChI=1S/C8H11N3/c1-3-7-4-5-10-6-8(7)11-9-2/h4-6,11H,2-3H2,1H3. The van der Waals surface area contributed by atoms with E-state index in [0.717, 1.165) is 12.1 Å². The molecule has 1 rings (SSSR count). The van der Waals surface area contributed by atoms with Crippen LogP contribution in [0, 0.1) is 0 Å². The molecule has 1 aromatic rings. The van der Waals surface area contributed by atoms with Gasteiger partial charge < -0.3 is 0 Å². The van der Waals surface area contributed by atoms with Crippen molar-refractivity contribution < 1.29 is 0 Å². The number of hydrogen-bond acceptors (Lipinski definition) is 3. The predicted molar refractivity (Wildman–Crippen MR) is 46.8 cm³/mol. The lowest BCUT2D eigenvalue weighted by Crippen LogP contribution is -1.93. The van der Waals surface area contributed by atoms with E-state index in [1.807, 2.05) is 6.07 Å². The minimum atomic E-state index is 0.935. The average Bonchev–Trinajstić information content (AvgIpc) is 2.06. The van der Waals surface area contributed by atoms with Crippen LogP contribution >= 0.6 is 0 Å². The third-order valence-electron chi connectivity index (χ3n) is 1.49. The zero-order valence-corrected chi connectivity index (χ0v) is 6.54. The molecule has 1 heterocycles. The predicted octanol–water partition coefficient (Wildman–Crippen LogP) is 1.67. The Morgan fingerprint density at radius 3 is 3.18 bits per heavy atom. The number of hydrazone groups is 1. The van der Waals surface area contributed by atoms with Crippen molar-refractivity contribution in [2.24, 2.45) is 5.10 Å². The van der Waals surface area contributed by atoms with E-state index in [9.17, 15) is 0 Å². The zero-order valence-electron chi connectivity index (χ0n) is 6.54. The van der Waals surface area contributed by atoms with E-state index in [4.69, 9.17) is 0 Å². The van der Waals surface area contributed by atoms with Gasteiger partial charge in [-0.2, -0.15) is 5.10 Å². The van der Waals surface area contributed by atoms with E-state index >= 15 is 0 Å². The monoisotopic (exact) mass is 149 g/mol. The zero-order chi connectivity index (χ0) is 8.10. The van der Waals surface area contributed by atoms with E-state index in [1.54, 1.807) is 12.4 Å². The number of aryl methyl sites for hydroxylation is 1. The number of aromatic nitrogens is 1. The molecule has 0 radical (unpaired) electrons. The van der Waals surface area contributed by atoms with Crippen molar-refractivity contribution >= 4 is 12.4 Å². The van der Waals surface area contributed by atoms with Gasteiger partial charge >= 0.3 is 0 Å². The van der Waals surface area contributed by atoms with Crippen LogP contribution in [0.4, 0.5) is 5.69 Å². The SMILES string of the molecule is C=NNc1cnccc1CC. The van der Waals surface area contributed by atoms with Gasteiger partial charge in [-0.25, -0.2) is 0 Å². The number of hydrogen-bond donors (Lipinski definition) is 1. The lowest BCUT2D eigenvalue weighted by atomic mass is 10.2. The topological polar surface area (TPSA) is 37.3 Å². The van der Waals surface area contributed by atoms with Crippen LogP contribution in [0.15, 0.2) is 23.6 Å². The summed E-state index contributed by atoms with van der Waals surface area (Å²) in [5.41, 5.74) is 4.91. The largest absolute Gasteiger partial charge is 0.277 e. The molecule has 0 aromatic carbocycles. The first-order chi connectivity index (χ1) is 5.38. The molecule has 0 saturated carbocycles. The lowest BCUT2D eigenvalue weighted by molar-refractivity contribution is 1.11. The fourth-order valence-electron chi connectivity index (χ4n) is 0.917. The number of nitrogens with zero attached hydrogens (tertiary/aromatic N) is 2. The summed E-state index contributed by atoms with van der Waals surface area (Å²) in [6.45, 7) is 5.43. The summed E-state index contributed by atoms with van der Waals surface area (Å²) in [5, 5.41) is 3.57. The van der Waals surface area contributed by atoms with Crippen molar-refractivity contribution in [1.82, 2.24) is 4.98 Å². The highest BCUT2D eigenvalue weighted by atomic mass is 15.3. The van der Waals surface area contributed by atoms with Crippen molar-refractivity contribution in [3.8, 4) is 0 Å². The highest BCUT2D eigenvalue weighted by molar-refractivity contribution is 5.49. The molecule has 58 valence electrons. The molecule has 0 aliphatic heterocycles. The Morgan fingerprint density at radius 2 is 2.55 bits per heavy atom. The van der Waals surface area contributed by atoms with Crippen molar-refractivity contribution in [3.05, 3.63) is 24.0 Å². The van der Waals surface area contributed by atoms with E-state index < -0.39 is 0 Å². The first kappa shape index (κ1) is 7.72. The minimum Gasteiger partial charge on any atom is -0.277 e. The number of anilines is 1. The Labute approximate surface area is 66.2 Å². The summed E-state index contributed by atoms with van der Waals surface area (Å²) < 4.78 is 0. The molecule has 0 saturated heterocycles. The first-order valence-corrected chi connectivity index (χ1v) is 3.53. The molecule has 0 bridgehead atoms. The molecule has 0 unspecified atom stereocenters. The highest BCUT2D eigenvalue weighted by Gasteiger charge is 1.96. The molecular formula is C8H11N3. The maximum Gasteiger partial charge on any atom is 0.0776 e. The van der Waals surface area contributed by atoms with Gasteiger partial charge in [0.2, 0.25) is 0 Å². The Hall–Kier alpha value is -1.38. The summed E-state index contributed by atoms with van der Waals surface area (Å²) in [7, 11) is 0. The quantitative estimate of drug-likeness (QED) is 0.524. The van der Waals surface area contributed by atoms with Gasteiger partial charge in [-0.1, -0.05) is 6.92 Å². The van der Waals surface area contributed by atoms with Gasteiger partial charge in [0.1, 0.15) is 0 Å². The smallest absolute Gasteiger partial charge is 0.0776 e. The molecule has 0 aliphatic rings. The van der Waals surface area contributed by atoms with E-state index in [-0.39, 0.29) is 0 Å². The summed E-state index contributed by atoms with van der Waals surface area (Å²) in [6, 6.07) is 1.97. The number of pyridine rings is 1. The lowest BCUT2D eigenvalue weighted by Gasteiger charge is -2.03. The molecular weight excluding hydrogens is 138 g/mol. The van der Waals surface area contributed by atoms with Gasteiger partial charge in [0.05, 0.1) is 11.9 Å². The summed E-state index contributed by atoms with van der Waals surface area (Å²) >= 11 is 0. The van der Waals surface area contributed by atoms with Gasteiger partial charge in [-0.05, 0) is 18.1 Å². The van der Waals surface area contributed by atoms with Crippen LogP contribution in [0.1, 0.15) is 12.5 Å². The Bertz CT molecular complexity index is 245. The third-order valence-corrected chi connectivity index (χ3v) is 1.49. The van der Waals surface area contributed by atoms with Crippen LogP contribution in [0.3, 0.4) is 0 Å². The van der Waals surface area contributed by atoms with Crippen molar-refractivity contribution in [3.63, 3.8) is 0 Å². The molecule has 3 nitrogen and oxygen atoms in total. The molecule has 11 heavy (non-hydrogen) atoms. The Balaban J connectivity index is 2.92. The van der Waals surface area contributed by atoms with E-state index in [1.165, 1.54) is 5.56 Å². The highest BCUT2D eigenvalue weighted by Crippen LogP contribution is 2.12. The fraction of sp³-hybridized carbons (Fsp3) is 0.250. The second-order valence-corrected chi connectivity index (χ2v) is 2.16. The van der Waals surface area contributed by atoms with Crippen LogP contribution in [0.25, 0.3) is 0 Å². The van der Waals surface area contributed by atoms with Crippen LogP contribution < -0.4 is 5.43 Å². The molecule has 0 atom stereocenters.